The second kappa shape index (κ2) is 6.53. The molecule has 2 rings (SSSR count). The number of nitrogens with one attached hydrogen (secondary N) is 2. The average molecular weight is 254 g/mol. The van der Waals surface area contributed by atoms with Crippen molar-refractivity contribution in [3.8, 4) is 0 Å². The summed E-state index contributed by atoms with van der Waals surface area (Å²) in [6.07, 6.45) is 8.96. The van der Waals surface area contributed by atoms with Gasteiger partial charge >= 0.3 is 0 Å². The maximum absolute atomic E-state index is 12.0. The number of hydrogen-bond acceptors (Lipinski definition) is 3. The van der Waals surface area contributed by atoms with E-state index in [0.29, 0.717) is 6.54 Å². The first-order valence-electron chi connectivity index (χ1n) is 7.38. The lowest BCUT2D eigenvalue weighted by Gasteiger charge is -2.36. The van der Waals surface area contributed by atoms with Gasteiger partial charge in [0.05, 0.1) is 12.6 Å². The minimum atomic E-state index is -0.0530. The molecule has 0 spiro atoms. The van der Waals surface area contributed by atoms with Crippen LogP contribution in [0.1, 0.15) is 51.4 Å². The van der Waals surface area contributed by atoms with Gasteiger partial charge in [-0.05, 0) is 32.2 Å². The fourth-order valence-corrected chi connectivity index (χ4v) is 3.17. The Morgan fingerprint density at radius 3 is 2.61 bits per heavy atom. The summed E-state index contributed by atoms with van der Waals surface area (Å²) in [5.41, 5.74) is -0.0530. The predicted octanol–water partition coefficient (Wildman–Crippen LogP) is 1.19. The molecule has 1 saturated carbocycles. The molecule has 1 amide bonds. The highest BCUT2D eigenvalue weighted by Gasteiger charge is 2.32. The molecule has 0 unspecified atom stereocenters. The maximum Gasteiger partial charge on any atom is 0.237 e. The van der Waals surface area contributed by atoms with Crippen LogP contribution in [0.3, 0.4) is 0 Å². The number of piperidine rings is 1. The first-order chi connectivity index (χ1) is 8.76. The quantitative estimate of drug-likeness (QED) is 0.706. The molecular weight excluding hydrogens is 228 g/mol. The van der Waals surface area contributed by atoms with Crippen LogP contribution < -0.4 is 10.6 Å². The molecule has 18 heavy (non-hydrogen) atoms. The van der Waals surface area contributed by atoms with Gasteiger partial charge in [-0.2, -0.15) is 0 Å². The first kappa shape index (κ1) is 13.8. The van der Waals surface area contributed by atoms with Gasteiger partial charge < -0.3 is 15.7 Å². The van der Waals surface area contributed by atoms with Gasteiger partial charge in [0.2, 0.25) is 5.91 Å². The topological polar surface area (TPSA) is 61.4 Å². The highest BCUT2D eigenvalue weighted by molar-refractivity contribution is 5.81. The van der Waals surface area contributed by atoms with Gasteiger partial charge in [-0.25, -0.2) is 0 Å². The van der Waals surface area contributed by atoms with E-state index in [1.54, 1.807) is 0 Å². The molecule has 1 aliphatic heterocycles. The Balaban J connectivity index is 1.79. The summed E-state index contributed by atoms with van der Waals surface area (Å²) in [5, 5.41) is 15.9. The van der Waals surface area contributed by atoms with Crippen molar-refractivity contribution < 1.29 is 9.90 Å². The van der Waals surface area contributed by atoms with E-state index in [1.165, 1.54) is 25.7 Å². The summed E-state index contributed by atoms with van der Waals surface area (Å²) >= 11 is 0. The number of amides is 1. The zero-order valence-electron chi connectivity index (χ0n) is 11.2. The van der Waals surface area contributed by atoms with Crippen molar-refractivity contribution in [1.29, 1.82) is 0 Å². The zero-order chi connectivity index (χ0) is 12.8. The Morgan fingerprint density at radius 2 is 2.00 bits per heavy atom. The SMILES string of the molecule is O=C(NCC1(CO)CCCCC1)[C@@H]1CCCCN1. The largest absolute Gasteiger partial charge is 0.396 e. The number of carbonyl (C=O) groups is 1. The van der Waals surface area contributed by atoms with Crippen LogP contribution in [0.5, 0.6) is 0 Å². The maximum atomic E-state index is 12.0. The van der Waals surface area contributed by atoms with Gasteiger partial charge in [0.15, 0.2) is 0 Å². The van der Waals surface area contributed by atoms with E-state index in [0.717, 1.165) is 32.2 Å². The lowest BCUT2D eigenvalue weighted by molar-refractivity contribution is -0.124. The molecule has 4 heteroatoms. The highest BCUT2D eigenvalue weighted by Crippen LogP contribution is 2.35. The van der Waals surface area contributed by atoms with Crippen molar-refractivity contribution in [1.82, 2.24) is 10.6 Å². The van der Waals surface area contributed by atoms with Crippen LogP contribution in [-0.2, 0) is 4.79 Å². The monoisotopic (exact) mass is 254 g/mol. The lowest BCUT2D eigenvalue weighted by atomic mass is 9.74. The van der Waals surface area contributed by atoms with E-state index in [-0.39, 0.29) is 24.0 Å². The van der Waals surface area contributed by atoms with Crippen LogP contribution in [0.15, 0.2) is 0 Å². The van der Waals surface area contributed by atoms with Crippen LogP contribution in [0, 0.1) is 5.41 Å². The molecule has 2 aliphatic rings. The molecule has 2 fully saturated rings. The fraction of sp³-hybridized carbons (Fsp3) is 0.929. The second-order valence-corrected chi connectivity index (χ2v) is 5.94. The molecule has 0 aromatic carbocycles. The third kappa shape index (κ3) is 3.45. The van der Waals surface area contributed by atoms with E-state index < -0.39 is 0 Å². The first-order valence-corrected chi connectivity index (χ1v) is 7.38. The molecule has 0 aromatic rings. The van der Waals surface area contributed by atoms with Crippen LogP contribution in [-0.4, -0.2) is 36.8 Å². The lowest BCUT2D eigenvalue weighted by Crippen LogP contribution is -2.50. The minimum Gasteiger partial charge on any atom is -0.396 e. The number of hydrogen-bond donors (Lipinski definition) is 3. The third-order valence-corrected chi connectivity index (χ3v) is 4.51. The molecule has 1 atom stereocenters. The highest BCUT2D eigenvalue weighted by atomic mass is 16.3. The average Bonchev–Trinajstić information content (AvgIpc) is 2.47. The number of aliphatic hydroxyl groups is 1. The number of aliphatic hydroxyl groups excluding tert-OH is 1. The van der Waals surface area contributed by atoms with Crippen LogP contribution in [0.2, 0.25) is 0 Å². The standard InChI is InChI=1S/C14H26N2O2/c17-11-14(7-3-1-4-8-14)10-16-13(18)12-6-2-5-9-15-12/h12,15,17H,1-11H2,(H,16,18)/t12-/m0/s1. The molecule has 0 bridgehead atoms. The molecule has 3 N–H and O–H groups in total. The van der Waals surface area contributed by atoms with Crippen LogP contribution in [0.4, 0.5) is 0 Å². The van der Waals surface area contributed by atoms with E-state index in [1.807, 2.05) is 0 Å². The van der Waals surface area contributed by atoms with Gasteiger partial charge in [-0.15, -0.1) is 0 Å². The zero-order valence-corrected chi connectivity index (χ0v) is 11.2. The normalized spacial score (nSPS) is 27.7. The fourth-order valence-electron chi connectivity index (χ4n) is 3.17. The van der Waals surface area contributed by atoms with E-state index >= 15 is 0 Å². The van der Waals surface area contributed by atoms with Crippen molar-refractivity contribution in [2.24, 2.45) is 5.41 Å². The Morgan fingerprint density at radius 1 is 1.22 bits per heavy atom. The van der Waals surface area contributed by atoms with Crippen LogP contribution in [0.25, 0.3) is 0 Å². The van der Waals surface area contributed by atoms with Crippen molar-refractivity contribution in [2.45, 2.75) is 57.4 Å². The summed E-state index contributed by atoms with van der Waals surface area (Å²) in [6.45, 7) is 1.79. The molecule has 1 saturated heterocycles. The minimum absolute atomic E-state index is 0.0157. The Kier molecular flexibility index (Phi) is 5.01. The smallest absolute Gasteiger partial charge is 0.237 e. The predicted molar refractivity (Wildman–Crippen MR) is 71.3 cm³/mol. The Labute approximate surface area is 110 Å². The van der Waals surface area contributed by atoms with E-state index in [9.17, 15) is 9.90 Å². The van der Waals surface area contributed by atoms with Crippen LogP contribution >= 0.6 is 0 Å². The molecule has 1 aliphatic carbocycles. The van der Waals surface area contributed by atoms with E-state index in [2.05, 4.69) is 10.6 Å². The Hall–Kier alpha value is -0.610. The summed E-state index contributed by atoms with van der Waals surface area (Å²) < 4.78 is 0. The molecule has 0 radical (unpaired) electrons. The van der Waals surface area contributed by atoms with Gasteiger partial charge in [0.25, 0.3) is 0 Å². The second-order valence-electron chi connectivity index (χ2n) is 5.94. The number of rotatable bonds is 4. The third-order valence-electron chi connectivity index (χ3n) is 4.51. The Bertz CT molecular complexity index is 269. The van der Waals surface area contributed by atoms with Gasteiger partial charge in [-0.1, -0.05) is 25.7 Å². The van der Waals surface area contributed by atoms with Gasteiger partial charge in [-0.3, -0.25) is 4.79 Å². The van der Waals surface area contributed by atoms with Crippen molar-refractivity contribution in [3.05, 3.63) is 0 Å². The van der Waals surface area contributed by atoms with Gasteiger partial charge in [0, 0.05) is 12.0 Å². The molecule has 0 aromatic heterocycles. The summed E-state index contributed by atoms with van der Waals surface area (Å²) in [4.78, 5) is 12.0. The molecule has 104 valence electrons. The summed E-state index contributed by atoms with van der Waals surface area (Å²) in [5.74, 6) is 0.119. The van der Waals surface area contributed by atoms with Crippen molar-refractivity contribution in [2.75, 3.05) is 19.7 Å². The number of carbonyl (C=O) groups excluding carboxylic acids is 1. The summed E-state index contributed by atoms with van der Waals surface area (Å²) in [7, 11) is 0. The molecule has 4 nitrogen and oxygen atoms in total. The van der Waals surface area contributed by atoms with E-state index in [4.69, 9.17) is 0 Å². The van der Waals surface area contributed by atoms with Crippen molar-refractivity contribution >= 4 is 5.91 Å². The summed E-state index contributed by atoms with van der Waals surface area (Å²) in [6, 6.07) is -0.0157. The van der Waals surface area contributed by atoms with Crippen molar-refractivity contribution in [3.63, 3.8) is 0 Å². The van der Waals surface area contributed by atoms with Gasteiger partial charge in [0.1, 0.15) is 0 Å². The molecule has 1 heterocycles. The molecular formula is C14H26N2O2.